The van der Waals surface area contributed by atoms with E-state index in [0.717, 1.165) is 45.1 Å². The van der Waals surface area contributed by atoms with Gasteiger partial charge >= 0.3 is 0 Å². The Balaban J connectivity index is 1.65. The molecule has 2 aliphatic rings. The number of hydrogen-bond donors (Lipinski definition) is 2. The summed E-state index contributed by atoms with van der Waals surface area (Å²) in [6.07, 6.45) is 7.77. The number of carbonyl (C=O) groups is 2. The second-order valence-electron chi connectivity index (χ2n) is 6.27. The molecule has 6 heteroatoms. The first kappa shape index (κ1) is 16.9. The normalized spacial score (nSPS) is 23.3. The van der Waals surface area contributed by atoms with Gasteiger partial charge in [-0.05, 0) is 32.6 Å². The molecule has 6 nitrogen and oxygen atoms in total. The van der Waals surface area contributed by atoms with Crippen molar-refractivity contribution in [3.8, 4) is 0 Å². The Labute approximate surface area is 132 Å². The lowest BCUT2D eigenvalue weighted by atomic mass is 9.89. The summed E-state index contributed by atoms with van der Waals surface area (Å²) < 4.78 is 5.45. The largest absolute Gasteiger partial charge is 0.376 e. The number of amides is 2. The minimum atomic E-state index is -0.0799. The molecule has 0 radical (unpaired) electrons. The molecule has 1 saturated heterocycles. The Morgan fingerprint density at radius 2 is 1.91 bits per heavy atom. The summed E-state index contributed by atoms with van der Waals surface area (Å²) in [4.78, 5) is 23.7. The molecule has 1 aliphatic heterocycles. The molecule has 2 fully saturated rings. The highest BCUT2D eigenvalue weighted by Gasteiger charge is 2.21. The van der Waals surface area contributed by atoms with Crippen molar-refractivity contribution in [1.82, 2.24) is 10.7 Å². The van der Waals surface area contributed by atoms with Gasteiger partial charge in [-0.15, -0.1) is 0 Å². The van der Waals surface area contributed by atoms with Crippen LogP contribution in [0.1, 0.15) is 58.3 Å². The lowest BCUT2D eigenvalue weighted by Crippen LogP contribution is -2.33. The molecule has 1 aliphatic carbocycles. The van der Waals surface area contributed by atoms with E-state index in [1.165, 1.54) is 6.42 Å². The molecule has 0 aromatic rings. The van der Waals surface area contributed by atoms with E-state index in [1.54, 1.807) is 6.92 Å². The Morgan fingerprint density at radius 1 is 1.14 bits per heavy atom. The van der Waals surface area contributed by atoms with Crippen molar-refractivity contribution in [2.24, 2.45) is 11.0 Å². The maximum absolute atomic E-state index is 12.0. The van der Waals surface area contributed by atoms with E-state index in [4.69, 9.17) is 4.74 Å². The van der Waals surface area contributed by atoms with E-state index in [1.807, 2.05) is 0 Å². The Hall–Kier alpha value is -1.43. The van der Waals surface area contributed by atoms with Gasteiger partial charge in [-0.2, -0.15) is 5.10 Å². The second kappa shape index (κ2) is 8.88. The maximum atomic E-state index is 12.0. The van der Waals surface area contributed by atoms with E-state index in [2.05, 4.69) is 15.8 Å². The molecule has 1 atom stereocenters. The molecule has 2 amide bonds. The standard InChI is InChI=1S/C16H27N3O3/c1-12(10-15(20)17-11-14-8-5-9-22-14)18-19-16(21)13-6-3-2-4-7-13/h13-14H,2-11H2,1H3,(H,17,20)(H,19,21). The van der Waals surface area contributed by atoms with Crippen LogP contribution in [0.3, 0.4) is 0 Å². The molecule has 0 bridgehead atoms. The smallest absolute Gasteiger partial charge is 0.243 e. The number of nitrogens with one attached hydrogen (secondary N) is 2. The third-order valence-electron chi connectivity index (χ3n) is 4.30. The molecule has 1 saturated carbocycles. The van der Waals surface area contributed by atoms with Crippen LogP contribution < -0.4 is 10.7 Å². The van der Waals surface area contributed by atoms with Crippen molar-refractivity contribution >= 4 is 17.5 Å². The maximum Gasteiger partial charge on any atom is 0.243 e. The number of hydrazone groups is 1. The van der Waals surface area contributed by atoms with Crippen LogP contribution in [0.2, 0.25) is 0 Å². The fraction of sp³-hybridized carbons (Fsp3) is 0.812. The Kier molecular flexibility index (Phi) is 6.83. The molecule has 1 unspecified atom stereocenters. The minimum absolute atomic E-state index is 0.0150. The van der Waals surface area contributed by atoms with Gasteiger partial charge in [0.25, 0.3) is 0 Å². The summed E-state index contributed by atoms with van der Waals surface area (Å²) in [6, 6.07) is 0. The van der Waals surface area contributed by atoms with E-state index < -0.39 is 0 Å². The monoisotopic (exact) mass is 309 g/mol. The van der Waals surface area contributed by atoms with Gasteiger partial charge in [-0.1, -0.05) is 19.3 Å². The van der Waals surface area contributed by atoms with E-state index >= 15 is 0 Å². The van der Waals surface area contributed by atoms with Crippen molar-refractivity contribution in [3.05, 3.63) is 0 Å². The van der Waals surface area contributed by atoms with Crippen molar-refractivity contribution in [2.45, 2.75) is 64.4 Å². The first-order valence-electron chi connectivity index (χ1n) is 8.36. The fourth-order valence-corrected chi connectivity index (χ4v) is 2.97. The van der Waals surface area contributed by atoms with Crippen LogP contribution in [0.15, 0.2) is 5.10 Å². The van der Waals surface area contributed by atoms with Gasteiger partial charge in [0.1, 0.15) is 0 Å². The highest BCUT2D eigenvalue weighted by Crippen LogP contribution is 2.23. The summed E-state index contributed by atoms with van der Waals surface area (Å²) in [5.74, 6) is -0.0129. The predicted molar refractivity (Wildman–Crippen MR) is 84.4 cm³/mol. The quantitative estimate of drug-likeness (QED) is 0.579. The van der Waals surface area contributed by atoms with Crippen LogP contribution in [-0.2, 0) is 14.3 Å². The summed E-state index contributed by atoms with van der Waals surface area (Å²) in [7, 11) is 0. The molecule has 2 N–H and O–H groups in total. The van der Waals surface area contributed by atoms with Crippen LogP contribution in [0, 0.1) is 5.92 Å². The number of rotatable bonds is 6. The second-order valence-corrected chi connectivity index (χ2v) is 6.27. The lowest BCUT2D eigenvalue weighted by molar-refractivity contribution is -0.126. The topological polar surface area (TPSA) is 79.8 Å². The minimum Gasteiger partial charge on any atom is -0.376 e. The highest BCUT2D eigenvalue weighted by atomic mass is 16.5. The molecular weight excluding hydrogens is 282 g/mol. The molecule has 2 rings (SSSR count). The summed E-state index contributed by atoms with van der Waals surface area (Å²) in [6.45, 7) is 3.10. The van der Waals surface area contributed by atoms with Crippen LogP contribution in [0.25, 0.3) is 0 Å². The SMILES string of the molecule is CC(CC(=O)NCC1CCCO1)=NNC(=O)C1CCCCC1. The third kappa shape index (κ3) is 5.75. The first-order valence-corrected chi connectivity index (χ1v) is 8.36. The average molecular weight is 309 g/mol. The van der Waals surface area contributed by atoms with Crippen molar-refractivity contribution < 1.29 is 14.3 Å². The molecule has 0 aromatic carbocycles. The van der Waals surface area contributed by atoms with Gasteiger partial charge in [0.05, 0.1) is 12.5 Å². The zero-order chi connectivity index (χ0) is 15.8. The summed E-state index contributed by atoms with van der Waals surface area (Å²) >= 11 is 0. The lowest BCUT2D eigenvalue weighted by Gasteiger charge is -2.19. The van der Waals surface area contributed by atoms with Gasteiger partial charge in [0.15, 0.2) is 0 Å². The van der Waals surface area contributed by atoms with E-state index in [9.17, 15) is 9.59 Å². The highest BCUT2D eigenvalue weighted by molar-refractivity contribution is 6.00. The van der Waals surface area contributed by atoms with Crippen LogP contribution >= 0.6 is 0 Å². The number of hydrogen-bond acceptors (Lipinski definition) is 4. The summed E-state index contributed by atoms with van der Waals surface area (Å²) in [5.41, 5.74) is 3.22. The van der Waals surface area contributed by atoms with Crippen molar-refractivity contribution in [3.63, 3.8) is 0 Å². The fourth-order valence-electron chi connectivity index (χ4n) is 2.97. The first-order chi connectivity index (χ1) is 10.6. The molecular formula is C16H27N3O3. The van der Waals surface area contributed by atoms with Crippen molar-refractivity contribution in [1.29, 1.82) is 0 Å². The van der Waals surface area contributed by atoms with Gasteiger partial charge in [0.2, 0.25) is 11.8 Å². The Bertz CT molecular complexity index is 411. The van der Waals surface area contributed by atoms with E-state index in [-0.39, 0.29) is 30.3 Å². The predicted octanol–water partition coefficient (Wildman–Crippen LogP) is 1.74. The molecule has 0 aromatic heterocycles. The molecule has 22 heavy (non-hydrogen) atoms. The number of nitrogens with zero attached hydrogens (tertiary/aromatic N) is 1. The zero-order valence-electron chi connectivity index (χ0n) is 13.4. The number of ether oxygens (including phenoxy) is 1. The zero-order valence-corrected chi connectivity index (χ0v) is 13.4. The van der Waals surface area contributed by atoms with Crippen LogP contribution in [-0.4, -0.2) is 36.8 Å². The van der Waals surface area contributed by atoms with Crippen LogP contribution in [0.5, 0.6) is 0 Å². The van der Waals surface area contributed by atoms with Crippen LogP contribution in [0.4, 0.5) is 0 Å². The van der Waals surface area contributed by atoms with E-state index in [0.29, 0.717) is 12.3 Å². The molecule has 1 heterocycles. The van der Waals surface area contributed by atoms with Crippen molar-refractivity contribution in [2.75, 3.05) is 13.2 Å². The summed E-state index contributed by atoms with van der Waals surface area (Å²) in [5, 5.41) is 6.89. The number of carbonyl (C=O) groups excluding carboxylic acids is 2. The van der Waals surface area contributed by atoms with Gasteiger partial charge in [-0.25, -0.2) is 5.43 Å². The van der Waals surface area contributed by atoms with Gasteiger partial charge in [0, 0.05) is 24.8 Å². The average Bonchev–Trinajstić information content (AvgIpc) is 3.05. The van der Waals surface area contributed by atoms with Gasteiger partial charge < -0.3 is 10.1 Å². The third-order valence-corrected chi connectivity index (χ3v) is 4.30. The Morgan fingerprint density at radius 3 is 2.59 bits per heavy atom. The molecule has 124 valence electrons. The van der Waals surface area contributed by atoms with Gasteiger partial charge in [-0.3, -0.25) is 9.59 Å². The molecule has 0 spiro atoms.